The fourth-order valence-corrected chi connectivity index (χ4v) is 3.72. The number of rotatable bonds is 4. The lowest BCUT2D eigenvalue weighted by atomic mass is 10.3. The van der Waals surface area contributed by atoms with Gasteiger partial charge in [-0.25, -0.2) is 13.2 Å². The van der Waals surface area contributed by atoms with Crippen molar-refractivity contribution < 1.29 is 18.3 Å². The van der Waals surface area contributed by atoms with E-state index in [1.807, 2.05) is 0 Å². The van der Waals surface area contributed by atoms with Crippen molar-refractivity contribution in [2.45, 2.75) is 11.1 Å². The van der Waals surface area contributed by atoms with Gasteiger partial charge in [0.1, 0.15) is 9.09 Å². The Morgan fingerprint density at radius 1 is 1.47 bits per heavy atom. The van der Waals surface area contributed by atoms with Crippen molar-refractivity contribution in [3.8, 4) is 0 Å². The van der Waals surface area contributed by atoms with Gasteiger partial charge in [-0.05, 0) is 30.7 Å². The molecule has 0 bridgehead atoms. The predicted octanol–water partition coefficient (Wildman–Crippen LogP) is 1.35. The van der Waals surface area contributed by atoms with Crippen molar-refractivity contribution in [1.29, 1.82) is 0 Å². The standard InChI is InChI=1S/C10H9N3O4S2/c1-6-5-8(18-9(6)10(14)15)19(16,17)13-7-3-2-4-11-12-7/h2-5H,1H3,(H,12,13)(H,14,15). The number of carboxylic acids is 1. The zero-order valence-corrected chi connectivity index (χ0v) is 11.3. The highest BCUT2D eigenvalue weighted by molar-refractivity contribution is 7.94. The van der Waals surface area contributed by atoms with E-state index in [1.54, 1.807) is 6.92 Å². The summed E-state index contributed by atoms with van der Waals surface area (Å²) in [5.41, 5.74) is 0.400. The zero-order valence-electron chi connectivity index (χ0n) is 9.69. The molecule has 2 heterocycles. The van der Waals surface area contributed by atoms with Crippen LogP contribution >= 0.6 is 11.3 Å². The second-order valence-electron chi connectivity index (χ2n) is 3.60. The van der Waals surface area contributed by atoms with Crippen LogP contribution in [0.4, 0.5) is 5.82 Å². The molecule has 19 heavy (non-hydrogen) atoms. The fraction of sp³-hybridized carbons (Fsp3) is 0.100. The number of hydrogen-bond acceptors (Lipinski definition) is 6. The predicted molar refractivity (Wildman–Crippen MR) is 68.9 cm³/mol. The van der Waals surface area contributed by atoms with Gasteiger partial charge in [0.05, 0.1) is 0 Å². The van der Waals surface area contributed by atoms with Gasteiger partial charge in [0.15, 0.2) is 5.82 Å². The minimum absolute atomic E-state index is 0.000444. The molecule has 0 aromatic carbocycles. The first kappa shape index (κ1) is 13.4. The third-order valence-corrected chi connectivity index (χ3v) is 5.22. The molecule has 0 fully saturated rings. The third kappa shape index (κ3) is 2.88. The molecule has 0 amide bonds. The molecule has 2 N–H and O–H groups in total. The van der Waals surface area contributed by atoms with Crippen LogP contribution in [0.1, 0.15) is 15.2 Å². The maximum Gasteiger partial charge on any atom is 0.346 e. The minimum atomic E-state index is -3.85. The van der Waals surface area contributed by atoms with Crippen LogP contribution in [0.25, 0.3) is 0 Å². The number of aromatic carboxylic acids is 1. The quantitative estimate of drug-likeness (QED) is 0.881. The summed E-state index contributed by atoms with van der Waals surface area (Å²) in [5.74, 6) is -1.08. The number of hydrogen-bond donors (Lipinski definition) is 2. The Hall–Kier alpha value is -2.00. The number of nitrogens with zero attached hydrogens (tertiary/aromatic N) is 2. The Morgan fingerprint density at radius 2 is 2.21 bits per heavy atom. The highest BCUT2D eigenvalue weighted by Gasteiger charge is 2.22. The van der Waals surface area contributed by atoms with E-state index in [9.17, 15) is 13.2 Å². The Morgan fingerprint density at radius 3 is 2.74 bits per heavy atom. The van der Waals surface area contributed by atoms with Crippen LogP contribution in [0.15, 0.2) is 28.6 Å². The number of carboxylic acid groups (broad SMARTS) is 1. The molecule has 0 radical (unpaired) electrons. The lowest BCUT2D eigenvalue weighted by Gasteiger charge is -2.03. The molecule has 2 aromatic heterocycles. The van der Waals surface area contributed by atoms with E-state index in [2.05, 4.69) is 14.9 Å². The molecule has 0 aliphatic carbocycles. The molecule has 0 unspecified atom stereocenters. The van der Waals surface area contributed by atoms with Crippen LogP contribution in [-0.4, -0.2) is 29.7 Å². The number of nitrogens with one attached hydrogen (secondary N) is 1. The zero-order chi connectivity index (χ0) is 14.0. The SMILES string of the molecule is Cc1cc(S(=O)(=O)Nc2cccnn2)sc1C(=O)O. The van der Waals surface area contributed by atoms with Gasteiger partial charge in [0, 0.05) is 6.20 Å². The molecule has 7 nitrogen and oxygen atoms in total. The number of anilines is 1. The highest BCUT2D eigenvalue weighted by Crippen LogP contribution is 2.27. The first-order chi connectivity index (χ1) is 8.90. The van der Waals surface area contributed by atoms with Gasteiger partial charge < -0.3 is 5.11 Å². The topological polar surface area (TPSA) is 109 Å². The maximum absolute atomic E-state index is 12.0. The van der Waals surface area contributed by atoms with Crippen LogP contribution in [-0.2, 0) is 10.0 Å². The molecule has 2 aromatic rings. The average molecular weight is 299 g/mol. The Labute approximate surface area is 113 Å². The van der Waals surface area contributed by atoms with E-state index in [0.29, 0.717) is 16.9 Å². The molecule has 9 heteroatoms. The van der Waals surface area contributed by atoms with Gasteiger partial charge in [-0.1, -0.05) is 0 Å². The molecule has 100 valence electrons. The summed E-state index contributed by atoms with van der Waals surface area (Å²) >= 11 is 0.696. The summed E-state index contributed by atoms with van der Waals surface area (Å²) in [7, 11) is -3.85. The van der Waals surface area contributed by atoms with Gasteiger partial charge in [-0.3, -0.25) is 4.72 Å². The first-order valence-electron chi connectivity index (χ1n) is 5.04. The molecule has 0 saturated heterocycles. The monoisotopic (exact) mass is 299 g/mol. The number of sulfonamides is 1. The molecule has 2 rings (SSSR count). The average Bonchev–Trinajstić information content (AvgIpc) is 2.73. The van der Waals surface area contributed by atoms with Gasteiger partial charge in [0.2, 0.25) is 0 Å². The smallest absolute Gasteiger partial charge is 0.346 e. The van der Waals surface area contributed by atoms with E-state index in [-0.39, 0.29) is 14.9 Å². The molecule has 0 aliphatic heterocycles. The van der Waals surface area contributed by atoms with Gasteiger partial charge in [-0.2, -0.15) is 5.10 Å². The molecule has 0 saturated carbocycles. The highest BCUT2D eigenvalue weighted by atomic mass is 32.2. The molecule has 0 aliphatic rings. The largest absolute Gasteiger partial charge is 0.477 e. The van der Waals surface area contributed by atoms with Gasteiger partial charge >= 0.3 is 5.97 Å². The van der Waals surface area contributed by atoms with E-state index < -0.39 is 16.0 Å². The summed E-state index contributed by atoms with van der Waals surface area (Å²) in [4.78, 5) is 10.9. The van der Waals surface area contributed by atoms with Crippen LogP contribution in [0, 0.1) is 6.92 Å². The van der Waals surface area contributed by atoms with E-state index in [1.165, 1.54) is 24.4 Å². The van der Waals surface area contributed by atoms with Crippen molar-refractivity contribution in [2.24, 2.45) is 0 Å². The summed E-state index contributed by atoms with van der Waals surface area (Å²) in [6, 6.07) is 4.29. The van der Waals surface area contributed by atoms with Gasteiger partial charge in [0.25, 0.3) is 10.0 Å². The Kier molecular flexibility index (Phi) is 3.49. The van der Waals surface area contributed by atoms with Crippen LogP contribution < -0.4 is 4.72 Å². The Bertz CT molecular complexity index is 710. The second-order valence-corrected chi connectivity index (χ2v) is 6.56. The van der Waals surface area contributed by atoms with E-state index in [0.717, 1.165) is 0 Å². The molecule has 0 spiro atoms. The third-order valence-electron chi connectivity index (χ3n) is 2.17. The summed E-state index contributed by atoms with van der Waals surface area (Å²) in [5, 5.41) is 16.1. The minimum Gasteiger partial charge on any atom is -0.477 e. The van der Waals surface area contributed by atoms with Crippen LogP contribution in [0.2, 0.25) is 0 Å². The van der Waals surface area contributed by atoms with E-state index >= 15 is 0 Å². The van der Waals surface area contributed by atoms with Gasteiger partial charge in [-0.15, -0.1) is 16.4 Å². The van der Waals surface area contributed by atoms with Crippen LogP contribution in [0.5, 0.6) is 0 Å². The van der Waals surface area contributed by atoms with Crippen molar-refractivity contribution in [1.82, 2.24) is 10.2 Å². The fourth-order valence-electron chi connectivity index (χ4n) is 1.34. The van der Waals surface area contributed by atoms with Crippen molar-refractivity contribution >= 4 is 33.1 Å². The summed E-state index contributed by atoms with van der Waals surface area (Å²) in [6.45, 7) is 1.54. The number of aryl methyl sites for hydroxylation is 1. The molecular formula is C10H9N3O4S2. The Balaban J connectivity index is 2.35. The number of carbonyl (C=O) groups is 1. The first-order valence-corrected chi connectivity index (χ1v) is 7.34. The summed E-state index contributed by atoms with van der Waals surface area (Å²) in [6.07, 6.45) is 1.41. The van der Waals surface area contributed by atoms with E-state index in [4.69, 9.17) is 5.11 Å². The lowest BCUT2D eigenvalue weighted by Crippen LogP contribution is -2.12. The molecular weight excluding hydrogens is 290 g/mol. The number of thiophene rings is 1. The van der Waals surface area contributed by atoms with Crippen LogP contribution in [0.3, 0.4) is 0 Å². The van der Waals surface area contributed by atoms with Crippen molar-refractivity contribution in [3.05, 3.63) is 34.8 Å². The second kappa shape index (κ2) is 4.94. The normalized spacial score (nSPS) is 11.2. The number of aromatic nitrogens is 2. The summed E-state index contributed by atoms with van der Waals surface area (Å²) < 4.78 is 26.2. The lowest BCUT2D eigenvalue weighted by molar-refractivity contribution is 0.0701. The maximum atomic E-state index is 12.0. The molecule has 0 atom stereocenters. The van der Waals surface area contributed by atoms with Crippen molar-refractivity contribution in [3.63, 3.8) is 0 Å². The van der Waals surface area contributed by atoms with Crippen molar-refractivity contribution in [2.75, 3.05) is 4.72 Å².